The second-order valence-electron chi connectivity index (χ2n) is 6.18. The van der Waals surface area contributed by atoms with Crippen molar-refractivity contribution in [2.45, 2.75) is 30.3 Å². The van der Waals surface area contributed by atoms with Gasteiger partial charge in [0.05, 0.1) is 7.11 Å². The van der Waals surface area contributed by atoms with E-state index in [4.69, 9.17) is 27.9 Å². The van der Waals surface area contributed by atoms with Gasteiger partial charge in [-0.1, -0.05) is 29.3 Å². The maximum atomic E-state index is 12.5. The Morgan fingerprint density at radius 2 is 1.93 bits per heavy atom. The number of benzene rings is 2. The molecular weight excluding hydrogens is 411 g/mol. The molecule has 1 aliphatic rings. The number of amides is 1. The Bertz CT molecular complexity index is 975. The first kappa shape index (κ1) is 19.9. The van der Waals surface area contributed by atoms with E-state index < -0.39 is 15.9 Å². The molecule has 0 unspecified atom stereocenters. The van der Waals surface area contributed by atoms with E-state index in [1.807, 2.05) is 0 Å². The van der Waals surface area contributed by atoms with E-state index in [1.165, 1.54) is 25.3 Å². The number of carbonyl (C=O) groups excluding carboxylic acids is 1. The van der Waals surface area contributed by atoms with Gasteiger partial charge in [-0.25, -0.2) is 13.1 Å². The molecule has 9 heteroatoms. The standard InChI is InChI=1S/C18H18Cl2N2O4S/c1-26-16-7-3-11(8-17(16)27(24,25)22-14-5-6-14)18(23)21-10-12-2-4-13(19)9-15(12)20/h2-4,7-9,14,22H,5-6,10H2,1H3,(H,21,23). The molecule has 144 valence electrons. The molecular formula is C18H18Cl2N2O4S. The van der Waals surface area contributed by atoms with Crippen molar-refractivity contribution >= 4 is 39.1 Å². The summed E-state index contributed by atoms with van der Waals surface area (Å²) in [4.78, 5) is 12.4. The van der Waals surface area contributed by atoms with Crippen molar-refractivity contribution in [1.82, 2.24) is 10.0 Å². The number of halogens is 2. The summed E-state index contributed by atoms with van der Waals surface area (Å²) < 4.78 is 32.8. The first-order valence-corrected chi connectivity index (χ1v) is 10.5. The first-order chi connectivity index (χ1) is 12.8. The van der Waals surface area contributed by atoms with Crippen LogP contribution in [0.25, 0.3) is 0 Å². The number of hydrogen-bond donors (Lipinski definition) is 2. The Kier molecular flexibility index (Phi) is 5.95. The quantitative estimate of drug-likeness (QED) is 0.707. The molecule has 27 heavy (non-hydrogen) atoms. The highest BCUT2D eigenvalue weighted by Crippen LogP contribution is 2.28. The zero-order valence-electron chi connectivity index (χ0n) is 14.5. The van der Waals surface area contributed by atoms with Gasteiger partial charge in [0, 0.05) is 28.2 Å². The van der Waals surface area contributed by atoms with Gasteiger partial charge in [0.1, 0.15) is 10.6 Å². The van der Waals surface area contributed by atoms with Crippen LogP contribution in [0.2, 0.25) is 10.0 Å². The van der Waals surface area contributed by atoms with E-state index in [9.17, 15) is 13.2 Å². The molecule has 0 aromatic heterocycles. The third-order valence-corrected chi connectivity index (χ3v) is 6.20. The van der Waals surface area contributed by atoms with Gasteiger partial charge < -0.3 is 10.1 Å². The van der Waals surface area contributed by atoms with Crippen LogP contribution in [-0.4, -0.2) is 27.5 Å². The van der Waals surface area contributed by atoms with Crippen molar-refractivity contribution in [2.75, 3.05) is 7.11 Å². The molecule has 6 nitrogen and oxygen atoms in total. The zero-order chi connectivity index (χ0) is 19.6. The molecule has 2 aromatic rings. The average molecular weight is 429 g/mol. The third-order valence-electron chi connectivity index (χ3n) is 4.07. The van der Waals surface area contributed by atoms with Crippen molar-refractivity contribution in [2.24, 2.45) is 0 Å². The van der Waals surface area contributed by atoms with Gasteiger partial charge in [0.15, 0.2) is 0 Å². The minimum atomic E-state index is -3.77. The van der Waals surface area contributed by atoms with Crippen LogP contribution < -0.4 is 14.8 Å². The largest absolute Gasteiger partial charge is 0.495 e. The maximum absolute atomic E-state index is 12.5. The van der Waals surface area contributed by atoms with Crippen molar-refractivity contribution in [3.8, 4) is 5.75 Å². The van der Waals surface area contributed by atoms with Gasteiger partial charge in [-0.15, -0.1) is 0 Å². The zero-order valence-corrected chi connectivity index (χ0v) is 16.8. The van der Waals surface area contributed by atoms with Crippen LogP contribution in [0, 0.1) is 0 Å². The van der Waals surface area contributed by atoms with Crippen molar-refractivity contribution in [3.05, 3.63) is 57.6 Å². The molecule has 0 saturated heterocycles. The fraction of sp³-hybridized carbons (Fsp3) is 0.278. The number of carbonyl (C=O) groups is 1. The fourth-order valence-corrected chi connectivity index (χ4v) is 4.43. The number of nitrogens with one attached hydrogen (secondary N) is 2. The Morgan fingerprint density at radius 1 is 1.19 bits per heavy atom. The van der Waals surface area contributed by atoms with Crippen molar-refractivity contribution in [1.29, 1.82) is 0 Å². The SMILES string of the molecule is COc1ccc(C(=O)NCc2ccc(Cl)cc2Cl)cc1S(=O)(=O)NC1CC1. The summed E-state index contributed by atoms with van der Waals surface area (Å²) >= 11 is 12.0. The lowest BCUT2D eigenvalue weighted by molar-refractivity contribution is 0.0950. The van der Waals surface area contributed by atoms with Crippen LogP contribution in [0.5, 0.6) is 5.75 Å². The molecule has 0 aliphatic heterocycles. The highest BCUT2D eigenvalue weighted by Gasteiger charge is 2.30. The van der Waals surface area contributed by atoms with Crippen LogP contribution in [0.4, 0.5) is 0 Å². The average Bonchev–Trinajstić information content (AvgIpc) is 3.43. The first-order valence-electron chi connectivity index (χ1n) is 8.22. The van der Waals surface area contributed by atoms with Crippen LogP contribution in [0.15, 0.2) is 41.3 Å². The number of ether oxygens (including phenoxy) is 1. The fourth-order valence-electron chi connectivity index (χ4n) is 2.45. The summed E-state index contributed by atoms with van der Waals surface area (Å²) in [6, 6.07) is 9.21. The van der Waals surface area contributed by atoms with Gasteiger partial charge in [0.2, 0.25) is 10.0 Å². The summed E-state index contributed by atoms with van der Waals surface area (Å²) in [7, 11) is -2.38. The van der Waals surface area contributed by atoms with Gasteiger partial charge >= 0.3 is 0 Å². The maximum Gasteiger partial charge on any atom is 0.251 e. The molecule has 1 amide bonds. The van der Waals surface area contributed by atoms with E-state index in [1.54, 1.807) is 18.2 Å². The number of methoxy groups -OCH3 is 1. The Balaban J connectivity index is 1.79. The Labute approximate surface area is 167 Å². The highest BCUT2D eigenvalue weighted by atomic mass is 35.5. The van der Waals surface area contributed by atoms with E-state index in [2.05, 4.69) is 10.0 Å². The molecule has 1 aliphatic carbocycles. The lowest BCUT2D eigenvalue weighted by Gasteiger charge is -2.12. The molecule has 2 aromatic carbocycles. The van der Waals surface area contributed by atoms with Gasteiger partial charge in [-0.2, -0.15) is 0 Å². The molecule has 1 saturated carbocycles. The summed E-state index contributed by atoms with van der Waals surface area (Å²) in [6.07, 6.45) is 1.62. The van der Waals surface area contributed by atoms with Crippen molar-refractivity contribution < 1.29 is 17.9 Å². The molecule has 0 radical (unpaired) electrons. The topological polar surface area (TPSA) is 84.5 Å². The van der Waals surface area contributed by atoms with E-state index in [0.717, 1.165) is 12.8 Å². The molecule has 0 heterocycles. The molecule has 0 bridgehead atoms. The predicted molar refractivity (Wildman–Crippen MR) is 104 cm³/mol. The Morgan fingerprint density at radius 3 is 2.56 bits per heavy atom. The second-order valence-corrected chi connectivity index (χ2v) is 8.71. The van der Waals surface area contributed by atoms with Gasteiger partial charge in [-0.3, -0.25) is 4.79 Å². The second kappa shape index (κ2) is 8.06. The predicted octanol–water partition coefficient (Wildman–Crippen LogP) is 3.37. The van der Waals surface area contributed by atoms with E-state index in [-0.39, 0.29) is 28.8 Å². The van der Waals surface area contributed by atoms with Crippen LogP contribution in [0.3, 0.4) is 0 Å². The lowest BCUT2D eigenvalue weighted by Crippen LogP contribution is -2.27. The van der Waals surface area contributed by atoms with E-state index in [0.29, 0.717) is 15.6 Å². The number of hydrogen-bond acceptors (Lipinski definition) is 4. The summed E-state index contributed by atoms with van der Waals surface area (Å²) in [5.74, 6) is -0.244. The van der Waals surface area contributed by atoms with Crippen molar-refractivity contribution in [3.63, 3.8) is 0 Å². The monoisotopic (exact) mass is 428 g/mol. The normalized spacial score (nSPS) is 14.0. The van der Waals surface area contributed by atoms with Crippen LogP contribution in [0.1, 0.15) is 28.8 Å². The van der Waals surface area contributed by atoms with Crippen LogP contribution in [-0.2, 0) is 16.6 Å². The third kappa shape index (κ3) is 4.93. The molecule has 3 rings (SSSR count). The smallest absolute Gasteiger partial charge is 0.251 e. The lowest BCUT2D eigenvalue weighted by atomic mass is 10.2. The highest BCUT2D eigenvalue weighted by molar-refractivity contribution is 7.89. The molecule has 0 atom stereocenters. The number of rotatable bonds is 7. The van der Waals surface area contributed by atoms with Crippen LogP contribution >= 0.6 is 23.2 Å². The molecule has 2 N–H and O–H groups in total. The van der Waals surface area contributed by atoms with E-state index >= 15 is 0 Å². The summed E-state index contributed by atoms with van der Waals surface area (Å²) in [5.41, 5.74) is 0.906. The number of sulfonamides is 1. The minimum Gasteiger partial charge on any atom is -0.495 e. The van der Waals surface area contributed by atoms with Gasteiger partial charge in [0.25, 0.3) is 5.91 Å². The van der Waals surface area contributed by atoms with Gasteiger partial charge in [-0.05, 0) is 48.7 Å². The summed E-state index contributed by atoms with van der Waals surface area (Å²) in [6.45, 7) is 0.184. The molecule has 1 fully saturated rings. The summed E-state index contributed by atoms with van der Waals surface area (Å²) in [5, 5.41) is 3.66. The minimum absolute atomic E-state index is 0.0516. The molecule has 0 spiro atoms. The Hall–Kier alpha value is -1.80.